The Morgan fingerprint density at radius 1 is 1.43 bits per heavy atom. The lowest BCUT2D eigenvalue weighted by Crippen LogP contribution is -2.53. The summed E-state index contributed by atoms with van der Waals surface area (Å²) in [7, 11) is 1.49. The van der Waals surface area contributed by atoms with Gasteiger partial charge >= 0.3 is 0 Å². The molecule has 162 valence electrons. The number of rotatable bonds is 6. The lowest BCUT2D eigenvalue weighted by atomic mass is 9.89. The van der Waals surface area contributed by atoms with Gasteiger partial charge in [-0.15, -0.1) is 11.3 Å². The molecule has 3 heterocycles. The maximum atomic E-state index is 13.7. The quantitative estimate of drug-likeness (QED) is 0.691. The molecule has 9 heteroatoms. The molecule has 1 aromatic carbocycles. The first-order valence-corrected chi connectivity index (χ1v) is 10.6. The van der Waals surface area contributed by atoms with E-state index in [0.717, 1.165) is 5.01 Å². The number of likely N-dealkylation sites (tertiary alicyclic amines) is 1. The van der Waals surface area contributed by atoms with Crippen molar-refractivity contribution in [1.82, 2.24) is 9.88 Å². The van der Waals surface area contributed by atoms with Gasteiger partial charge in [0.1, 0.15) is 30.2 Å². The average molecular weight is 437 g/mol. The Morgan fingerprint density at radius 2 is 2.27 bits per heavy atom. The minimum Gasteiger partial charge on any atom is -0.493 e. The van der Waals surface area contributed by atoms with Crippen LogP contribution in [-0.4, -0.2) is 61.2 Å². The summed E-state index contributed by atoms with van der Waals surface area (Å²) in [6.45, 7) is 3.89. The second-order valence-corrected chi connectivity index (χ2v) is 8.91. The van der Waals surface area contributed by atoms with Crippen molar-refractivity contribution >= 4 is 17.2 Å². The first-order valence-electron chi connectivity index (χ1n) is 9.77. The highest BCUT2D eigenvalue weighted by Crippen LogP contribution is 2.43. The van der Waals surface area contributed by atoms with E-state index in [9.17, 15) is 9.18 Å². The zero-order valence-corrected chi connectivity index (χ0v) is 18.0. The van der Waals surface area contributed by atoms with Crippen molar-refractivity contribution in [2.75, 3.05) is 33.6 Å². The Balaban J connectivity index is 1.49. The normalized spacial score (nSPS) is 23.9. The summed E-state index contributed by atoms with van der Waals surface area (Å²) >= 11 is 1.54. The molecule has 30 heavy (non-hydrogen) atoms. The number of ether oxygens (including phenoxy) is 4. The molecule has 0 aliphatic carbocycles. The van der Waals surface area contributed by atoms with Gasteiger partial charge < -0.3 is 23.8 Å². The standard InChI is InChI=1S/C21H25FN2O5S/c1-20(2,22)12-27-15-5-4-14(10-16(15)26-3)18(25)24-8-6-21(19-23-7-9-30-19)17(11-24)28-13-29-21/h4-5,7,9-10,17H,6,8,11-13H2,1-3H3/t17-,21+/m0/s1. The van der Waals surface area contributed by atoms with Gasteiger partial charge in [-0.05, 0) is 32.0 Å². The molecular formula is C21H25FN2O5S. The Morgan fingerprint density at radius 3 is 2.97 bits per heavy atom. The Bertz CT molecular complexity index is 901. The molecule has 1 amide bonds. The second-order valence-electron chi connectivity index (χ2n) is 8.02. The van der Waals surface area contributed by atoms with Crippen LogP contribution in [0.15, 0.2) is 29.8 Å². The van der Waals surface area contributed by atoms with Crippen molar-refractivity contribution in [3.05, 3.63) is 40.3 Å². The number of aromatic nitrogens is 1. The van der Waals surface area contributed by atoms with E-state index in [4.69, 9.17) is 18.9 Å². The molecule has 0 bridgehead atoms. The Hall–Kier alpha value is -2.23. The van der Waals surface area contributed by atoms with Crippen molar-refractivity contribution in [1.29, 1.82) is 0 Å². The number of methoxy groups -OCH3 is 1. The van der Waals surface area contributed by atoms with Crippen LogP contribution in [0.2, 0.25) is 0 Å². The minimum atomic E-state index is -1.47. The summed E-state index contributed by atoms with van der Waals surface area (Å²) in [6.07, 6.45) is 2.10. The summed E-state index contributed by atoms with van der Waals surface area (Å²) in [4.78, 5) is 19.3. The van der Waals surface area contributed by atoms with Gasteiger partial charge in [0.2, 0.25) is 0 Å². The van der Waals surface area contributed by atoms with E-state index in [1.165, 1.54) is 32.3 Å². The maximum Gasteiger partial charge on any atom is 0.254 e. The van der Waals surface area contributed by atoms with Crippen LogP contribution in [0, 0.1) is 0 Å². The molecule has 2 aromatic rings. The van der Waals surface area contributed by atoms with Crippen LogP contribution in [0.1, 0.15) is 35.6 Å². The van der Waals surface area contributed by atoms with Crippen molar-refractivity contribution < 1.29 is 28.1 Å². The van der Waals surface area contributed by atoms with Crippen molar-refractivity contribution in [2.45, 2.75) is 37.6 Å². The maximum absolute atomic E-state index is 13.7. The van der Waals surface area contributed by atoms with E-state index in [2.05, 4.69) is 4.98 Å². The number of alkyl halides is 1. The average Bonchev–Trinajstić information content (AvgIpc) is 3.40. The highest BCUT2D eigenvalue weighted by Gasteiger charge is 2.52. The fourth-order valence-electron chi connectivity index (χ4n) is 3.75. The molecule has 2 aliphatic heterocycles. The first kappa shape index (κ1) is 21.0. The van der Waals surface area contributed by atoms with Gasteiger partial charge in [-0.25, -0.2) is 9.37 Å². The van der Waals surface area contributed by atoms with E-state index in [1.54, 1.807) is 29.3 Å². The number of hydrogen-bond acceptors (Lipinski definition) is 7. The summed E-state index contributed by atoms with van der Waals surface area (Å²) in [5.41, 5.74) is -1.58. The minimum absolute atomic E-state index is 0.110. The van der Waals surface area contributed by atoms with Gasteiger partial charge in [-0.3, -0.25) is 4.79 Å². The van der Waals surface area contributed by atoms with Gasteiger partial charge in [0.25, 0.3) is 5.91 Å². The third kappa shape index (κ3) is 4.01. The number of carbonyl (C=O) groups is 1. The van der Waals surface area contributed by atoms with Crippen molar-refractivity contribution in [3.63, 3.8) is 0 Å². The Labute approximate surface area is 178 Å². The molecule has 2 aliphatic rings. The number of nitrogens with zero attached hydrogens (tertiary/aromatic N) is 2. The molecule has 2 saturated heterocycles. The van der Waals surface area contributed by atoms with Gasteiger partial charge in [0, 0.05) is 30.1 Å². The topological polar surface area (TPSA) is 70.1 Å². The van der Waals surface area contributed by atoms with E-state index in [-0.39, 0.29) is 25.4 Å². The lowest BCUT2D eigenvalue weighted by Gasteiger charge is -2.40. The van der Waals surface area contributed by atoms with Crippen LogP contribution < -0.4 is 9.47 Å². The largest absolute Gasteiger partial charge is 0.493 e. The van der Waals surface area contributed by atoms with Crippen LogP contribution in [0.4, 0.5) is 4.39 Å². The number of thiazole rings is 1. The molecule has 0 saturated carbocycles. The number of hydrogen-bond donors (Lipinski definition) is 0. The lowest BCUT2D eigenvalue weighted by molar-refractivity contribution is -0.0440. The van der Waals surface area contributed by atoms with Crippen molar-refractivity contribution in [2.24, 2.45) is 0 Å². The van der Waals surface area contributed by atoms with Gasteiger partial charge in [0.15, 0.2) is 17.1 Å². The first-order chi connectivity index (χ1) is 14.3. The van der Waals surface area contributed by atoms with E-state index in [0.29, 0.717) is 36.6 Å². The number of carbonyl (C=O) groups excluding carboxylic acids is 1. The van der Waals surface area contributed by atoms with E-state index in [1.807, 2.05) is 5.38 Å². The smallest absolute Gasteiger partial charge is 0.254 e. The second kappa shape index (κ2) is 8.13. The van der Waals surface area contributed by atoms with Gasteiger partial charge in [-0.1, -0.05) is 0 Å². The van der Waals surface area contributed by atoms with Crippen molar-refractivity contribution in [3.8, 4) is 11.5 Å². The molecule has 2 atom stereocenters. The molecule has 2 fully saturated rings. The highest BCUT2D eigenvalue weighted by atomic mass is 32.1. The predicted molar refractivity (Wildman–Crippen MR) is 109 cm³/mol. The fraction of sp³-hybridized carbons (Fsp3) is 0.524. The zero-order chi connectivity index (χ0) is 21.4. The highest BCUT2D eigenvalue weighted by molar-refractivity contribution is 7.09. The molecule has 7 nitrogen and oxygen atoms in total. The number of piperidine rings is 1. The zero-order valence-electron chi connectivity index (χ0n) is 17.2. The molecule has 0 N–H and O–H groups in total. The molecule has 0 radical (unpaired) electrons. The summed E-state index contributed by atoms with van der Waals surface area (Å²) in [5.74, 6) is 0.655. The number of benzene rings is 1. The number of amides is 1. The van der Waals surface area contributed by atoms with Crippen LogP contribution in [0.25, 0.3) is 0 Å². The third-order valence-electron chi connectivity index (χ3n) is 5.31. The monoisotopic (exact) mass is 436 g/mol. The van der Waals surface area contributed by atoms with Crippen LogP contribution >= 0.6 is 11.3 Å². The van der Waals surface area contributed by atoms with E-state index < -0.39 is 11.3 Å². The summed E-state index contributed by atoms with van der Waals surface area (Å²) in [5, 5.41) is 2.80. The van der Waals surface area contributed by atoms with E-state index >= 15 is 0 Å². The molecule has 4 rings (SSSR count). The molecule has 0 unspecified atom stereocenters. The van der Waals surface area contributed by atoms with Gasteiger partial charge in [0.05, 0.1) is 13.7 Å². The molecule has 1 aromatic heterocycles. The number of halogens is 1. The van der Waals surface area contributed by atoms with Crippen LogP contribution in [-0.2, 0) is 15.1 Å². The third-order valence-corrected chi connectivity index (χ3v) is 6.24. The summed E-state index contributed by atoms with van der Waals surface area (Å²) < 4.78 is 36.4. The predicted octanol–water partition coefficient (Wildman–Crippen LogP) is 3.39. The summed E-state index contributed by atoms with van der Waals surface area (Å²) in [6, 6.07) is 4.93. The van der Waals surface area contributed by atoms with Crippen LogP contribution in [0.5, 0.6) is 11.5 Å². The SMILES string of the molecule is COc1cc(C(=O)N2CC[C@@]3(c4nccs4)OCO[C@H]3C2)ccc1OCC(C)(C)F. The van der Waals surface area contributed by atoms with Gasteiger partial charge in [-0.2, -0.15) is 0 Å². The van der Waals surface area contributed by atoms with Crippen LogP contribution in [0.3, 0.4) is 0 Å². The Kier molecular flexibility index (Phi) is 5.69. The fourth-order valence-corrected chi connectivity index (χ4v) is 4.61. The molecule has 0 spiro atoms. The number of fused-ring (bicyclic) bond motifs is 1. The molecular weight excluding hydrogens is 411 g/mol.